The van der Waals surface area contributed by atoms with E-state index in [1.807, 2.05) is 37.4 Å². The van der Waals surface area contributed by atoms with Crippen LogP contribution < -0.4 is 10.0 Å². The van der Waals surface area contributed by atoms with Gasteiger partial charge in [-0.2, -0.15) is 0 Å². The molecule has 1 saturated heterocycles. The predicted molar refractivity (Wildman–Crippen MR) is 133 cm³/mol. The zero-order valence-corrected chi connectivity index (χ0v) is 20.3. The number of rotatable bonds is 7. The minimum absolute atomic E-state index is 0.120. The van der Waals surface area contributed by atoms with Crippen LogP contribution >= 0.6 is 0 Å². The van der Waals surface area contributed by atoms with Crippen LogP contribution in [0.5, 0.6) is 0 Å². The van der Waals surface area contributed by atoms with Crippen LogP contribution in [0.2, 0.25) is 0 Å². The molecular weight excluding hydrogens is 448 g/mol. The van der Waals surface area contributed by atoms with Gasteiger partial charge in [-0.1, -0.05) is 18.2 Å². The van der Waals surface area contributed by atoms with Gasteiger partial charge in [0.1, 0.15) is 0 Å². The molecule has 2 heterocycles. The number of aromatic nitrogens is 1. The molecule has 3 aromatic rings. The second kappa shape index (κ2) is 10.4. The van der Waals surface area contributed by atoms with E-state index in [1.54, 1.807) is 43.3 Å². The Balaban J connectivity index is 1.31. The van der Waals surface area contributed by atoms with Crippen molar-refractivity contribution in [3.05, 3.63) is 89.2 Å². The van der Waals surface area contributed by atoms with Gasteiger partial charge in [-0.3, -0.25) is 19.4 Å². The molecule has 1 fully saturated rings. The fraction of sp³-hybridized carbons (Fsp3) is 0.308. The van der Waals surface area contributed by atoms with Gasteiger partial charge in [-0.15, -0.1) is 0 Å². The van der Waals surface area contributed by atoms with Crippen LogP contribution in [0.4, 0.5) is 5.69 Å². The van der Waals surface area contributed by atoms with Crippen molar-refractivity contribution in [1.29, 1.82) is 0 Å². The molecule has 0 aliphatic carbocycles. The maximum atomic E-state index is 12.8. The molecule has 1 aromatic heterocycles. The van der Waals surface area contributed by atoms with Crippen LogP contribution in [0.1, 0.15) is 40.0 Å². The molecule has 0 unspecified atom stereocenters. The number of benzene rings is 2. The van der Waals surface area contributed by atoms with Crippen LogP contribution in [0, 0.1) is 13.8 Å². The molecule has 0 spiro atoms. The summed E-state index contributed by atoms with van der Waals surface area (Å²) >= 11 is 0. The minimum Gasteiger partial charge on any atom is -0.349 e. The summed E-state index contributed by atoms with van der Waals surface area (Å²) in [6, 6.07) is 17.9. The number of likely N-dealkylation sites (tertiary alicyclic amines) is 1. The molecule has 1 aliphatic heterocycles. The minimum atomic E-state index is -3.71. The zero-order chi connectivity index (χ0) is 24.1. The van der Waals surface area contributed by atoms with E-state index in [2.05, 4.69) is 19.9 Å². The first-order valence-electron chi connectivity index (χ1n) is 11.4. The molecule has 0 atom stereocenters. The van der Waals surface area contributed by atoms with Crippen molar-refractivity contribution in [3.63, 3.8) is 0 Å². The molecule has 2 aromatic carbocycles. The van der Waals surface area contributed by atoms with Crippen LogP contribution in [0.15, 0.2) is 71.8 Å². The molecule has 0 radical (unpaired) electrons. The second-order valence-electron chi connectivity index (χ2n) is 8.80. The van der Waals surface area contributed by atoms with Gasteiger partial charge in [0, 0.05) is 43.1 Å². The van der Waals surface area contributed by atoms with Gasteiger partial charge in [-0.05, 0) is 80.3 Å². The quantitative estimate of drug-likeness (QED) is 0.538. The van der Waals surface area contributed by atoms with E-state index in [4.69, 9.17) is 0 Å². The number of nitrogens with one attached hydrogen (secondary N) is 2. The molecule has 8 heteroatoms. The van der Waals surface area contributed by atoms with Gasteiger partial charge in [0.25, 0.3) is 15.9 Å². The van der Waals surface area contributed by atoms with Crippen molar-refractivity contribution in [1.82, 2.24) is 15.2 Å². The molecular formula is C26H30N4O3S. The topological polar surface area (TPSA) is 91.4 Å². The van der Waals surface area contributed by atoms with Gasteiger partial charge in [-0.25, -0.2) is 8.42 Å². The zero-order valence-electron chi connectivity index (χ0n) is 19.5. The van der Waals surface area contributed by atoms with E-state index in [0.29, 0.717) is 16.8 Å². The van der Waals surface area contributed by atoms with Crippen LogP contribution in [-0.4, -0.2) is 43.3 Å². The van der Waals surface area contributed by atoms with Crippen LogP contribution in [-0.2, 0) is 16.6 Å². The average Bonchev–Trinajstić information content (AvgIpc) is 2.82. The maximum absolute atomic E-state index is 12.8. The van der Waals surface area contributed by atoms with Crippen LogP contribution in [0.25, 0.3) is 0 Å². The lowest BCUT2D eigenvalue weighted by Crippen LogP contribution is -2.44. The van der Waals surface area contributed by atoms with E-state index in [9.17, 15) is 13.2 Å². The Morgan fingerprint density at radius 1 is 1.03 bits per heavy atom. The summed E-state index contributed by atoms with van der Waals surface area (Å²) in [5, 5.41) is 3.11. The molecule has 2 N–H and O–H groups in total. The number of anilines is 1. The number of piperidine rings is 1. The monoisotopic (exact) mass is 478 g/mol. The van der Waals surface area contributed by atoms with E-state index >= 15 is 0 Å². The summed E-state index contributed by atoms with van der Waals surface area (Å²) in [6.45, 7) is 6.25. The summed E-state index contributed by atoms with van der Waals surface area (Å²) in [4.78, 5) is 19.7. The average molecular weight is 479 g/mol. The number of nitrogens with zero attached hydrogens (tertiary/aromatic N) is 2. The Morgan fingerprint density at radius 2 is 1.76 bits per heavy atom. The highest BCUT2D eigenvalue weighted by atomic mass is 32.2. The third-order valence-electron chi connectivity index (χ3n) is 6.07. The van der Waals surface area contributed by atoms with Crippen molar-refractivity contribution in [2.75, 3.05) is 17.8 Å². The van der Waals surface area contributed by atoms with Gasteiger partial charge < -0.3 is 5.32 Å². The fourth-order valence-corrected chi connectivity index (χ4v) is 5.51. The Bertz CT molecular complexity index is 1240. The Morgan fingerprint density at radius 3 is 2.44 bits per heavy atom. The number of hydrogen-bond acceptors (Lipinski definition) is 5. The summed E-state index contributed by atoms with van der Waals surface area (Å²) in [6.07, 6.45) is 3.57. The lowest BCUT2D eigenvalue weighted by atomic mass is 10.0. The first kappa shape index (κ1) is 23.9. The lowest BCUT2D eigenvalue weighted by Gasteiger charge is -2.32. The SMILES string of the molecule is Cc1ccc(C)c(S(=O)(=O)Nc2ccc(C(=O)NC3CCN(Cc4ccccn4)CC3)cc2)c1. The number of pyridine rings is 1. The first-order valence-corrected chi connectivity index (χ1v) is 12.9. The number of aryl methyl sites for hydroxylation is 2. The summed E-state index contributed by atoms with van der Waals surface area (Å²) in [5.41, 5.74) is 3.53. The first-order chi connectivity index (χ1) is 16.3. The largest absolute Gasteiger partial charge is 0.349 e. The third-order valence-corrected chi connectivity index (χ3v) is 7.59. The highest BCUT2D eigenvalue weighted by Gasteiger charge is 2.22. The molecule has 1 amide bonds. The van der Waals surface area contributed by atoms with Crippen molar-refractivity contribution < 1.29 is 13.2 Å². The van der Waals surface area contributed by atoms with Gasteiger partial charge in [0.15, 0.2) is 0 Å². The predicted octanol–water partition coefficient (Wildman–Crippen LogP) is 3.89. The molecule has 4 rings (SSSR count). The fourth-order valence-electron chi connectivity index (χ4n) is 4.12. The van der Waals surface area contributed by atoms with Crippen molar-refractivity contribution in [2.45, 2.75) is 44.2 Å². The van der Waals surface area contributed by atoms with E-state index in [-0.39, 0.29) is 16.8 Å². The van der Waals surface area contributed by atoms with E-state index in [0.717, 1.165) is 43.7 Å². The highest BCUT2D eigenvalue weighted by Crippen LogP contribution is 2.21. The summed E-state index contributed by atoms with van der Waals surface area (Å²) < 4.78 is 28.2. The van der Waals surface area contributed by atoms with Gasteiger partial charge >= 0.3 is 0 Å². The molecule has 0 bridgehead atoms. The van der Waals surface area contributed by atoms with Gasteiger partial charge in [0.2, 0.25) is 0 Å². The molecule has 1 aliphatic rings. The molecule has 34 heavy (non-hydrogen) atoms. The number of sulfonamides is 1. The molecule has 178 valence electrons. The number of amides is 1. The summed E-state index contributed by atoms with van der Waals surface area (Å²) in [7, 11) is -3.71. The summed E-state index contributed by atoms with van der Waals surface area (Å²) in [5.74, 6) is -0.146. The molecule has 7 nitrogen and oxygen atoms in total. The van der Waals surface area contributed by atoms with Crippen molar-refractivity contribution in [2.24, 2.45) is 0 Å². The second-order valence-corrected chi connectivity index (χ2v) is 10.4. The van der Waals surface area contributed by atoms with Gasteiger partial charge in [0.05, 0.1) is 10.6 Å². The Kier molecular flexibility index (Phi) is 7.29. The Hall–Kier alpha value is -3.23. The number of hydrogen-bond donors (Lipinski definition) is 2. The lowest BCUT2D eigenvalue weighted by molar-refractivity contribution is 0.0908. The van der Waals surface area contributed by atoms with Crippen LogP contribution in [0.3, 0.4) is 0 Å². The normalized spacial score (nSPS) is 15.1. The number of carbonyl (C=O) groups excluding carboxylic acids is 1. The molecule has 0 saturated carbocycles. The van der Waals surface area contributed by atoms with E-state index < -0.39 is 10.0 Å². The van der Waals surface area contributed by atoms with Crippen molar-refractivity contribution >= 4 is 21.6 Å². The van der Waals surface area contributed by atoms with E-state index in [1.165, 1.54) is 0 Å². The Labute approximate surface area is 201 Å². The highest BCUT2D eigenvalue weighted by molar-refractivity contribution is 7.92. The maximum Gasteiger partial charge on any atom is 0.262 e. The third kappa shape index (κ3) is 6.01. The standard InChI is InChI=1S/C26H30N4O3S/c1-19-6-7-20(2)25(17-19)34(32,33)29-23-10-8-21(9-11-23)26(31)28-22-12-15-30(16-13-22)18-24-5-3-4-14-27-24/h3-11,14,17,22,29H,12-13,15-16,18H2,1-2H3,(H,28,31). The smallest absolute Gasteiger partial charge is 0.262 e. The van der Waals surface area contributed by atoms with Crippen molar-refractivity contribution in [3.8, 4) is 0 Å². The number of carbonyl (C=O) groups is 1.